The summed E-state index contributed by atoms with van der Waals surface area (Å²) in [5.41, 5.74) is 1.15. The molecule has 2 rings (SSSR count). The van der Waals surface area contributed by atoms with E-state index < -0.39 is 10.0 Å². The molecule has 24 heavy (non-hydrogen) atoms. The lowest BCUT2D eigenvalue weighted by atomic mass is 10.1. The summed E-state index contributed by atoms with van der Waals surface area (Å²) in [5.74, 6) is 0.809. The summed E-state index contributed by atoms with van der Waals surface area (Å²) < 4.78 is 32.6. The fourth-order valence-corrected chi connectivity index (χ4v) is 3.36. The summed E-state index contributed by atoms with van der Waals surface area (Å²) in [7, 11) is -3.69. The third-order valence-electron chi connectivity index (χ3n) is 3.40. The number of ether oxygens (including phenoxy) is 1. The smallest absolute Gasteiger partial charge is 0.241 e. The summed E-state index contributed by atoms with van der Waals surface area (Å²) in [4.78, 5) is 0.0100. The Hall–Kier alpha value is -2.36. The third-order valence-corrected chi connectivity index (χ3v) is 4.92. The zero-order valence-electron chi connectivity index (χ0n) is 13.5. The zero-order valence-corrected chi connectivity index (χ0v) is 14.3. The predicted molar refractivity (Wildman–Crippen MR) is 92.3 cm³/mol. The van der Waals surface area contributed by atoms with Crippen molar-refractivity contribution in [2.24, 2.45) is 0 Å². The highest BCUT2D eigenvalue weighted by atomic mass is 32.2. The molecule has 0 aliphatic heterocycles. The molecule has 0 aromatic heterocycles. The lowest BCUT2D eigenvalue weighted by Crippen LogP contribution is -2.26. The molecular formula is C18H20N2O3S. The third kappa shape index (κ3) is 4.82. The van der Waals surface area contributed by atoms with Gasteiger partial charge in [0.05, 0.1) is 17.1 Å². The van der Waals surface area contributed by atoms with E-state index in [-0.39, 0.29) is 17.0 Å². The highest BCUT2D eigenvalue weighted by Gasteiger charge is 2.17. The van der Waals surface area contributed by atoms with Gasteiger partial charge < -0.3 is 4.74 Å². The van der Waals surface area contributed by atoms with Crippen LogP contribution in [0.25, 0.3) is 0 Å². The van der Waals surface area contributed by atoms with Crippen molar-refractivity contribution in [2.45, 2.75) is 24.7 Å². The molecule has 0 saturated heterocycles. The second kappa shape index (κ2) is 8.48. The van der Waals surface area contributed by atoms with Crippen LogP contribution in [0.5, 0.6) is 5.75 Å². The van der Waals surface area contributed by atoms with Gasteiger partial charge in [0.2, 0.25) is 10.0 Å². The predicted octanol–water partition coefficient (Wildman–Crippen LogP) is 2.87. The average molecular weight is 344 g/mol. The lowest BCUT2D eigenvalue weighted by molar-refractivity contribution is 0.317. The van der Waals surface area contributed by atoms with E-state index in [1.54, 1.807) is 12.1 Å². The molecule has 0 aliphatic carbocycles. The molecule has 0 unspecified atom stereocenters. The van der Waals surface area contributed by atoms with Crippen LogP contribution in [0, 0.1) is 11.3 Å². The number of rotatable bonds is 8. The molecule has 0 heterocycles. The molecule has 0 saturated carbocycles. The normalized spacial score (nSPS) is 11.0. The first kappa shape index (κ1) is 18.0. The van der Waals surface area contributed by atoms with Crippen LogP contribution in [0.3, 0.4) is 0 Å². The maximum Gasteiger partial charge on any atom is 0.241 e. The number of benzene rings is 2. The fraction of sp³-hybridized carbons (Fsp3) is 0.278. The van der Waals surface area contributed by atoms with Crippen molar-refractivity contribution in [1.29, 1.82) is 5.26 Å². The Morgan fingerprint density at radius 1 is 1.12 bits per heavy atom. The van der Waals surface area contributed by atoms with Crippen molar-refractivity contribution in [3.05, 3.63) is 59.7 Å². The number of hydrogen-bond donors (Lipinski definition) is 1. The highest BCUT2D eigenvalue weighted by molar-refractivity contribution is 7.89. The number of hydrogen-bond acceptors (Lipinski definition) is 4. The minimum atomic E-state index is -3.69. The molecule has 2 aromatic carbocycles. The van der Waals surface area contributed by atoms with Crippen molar-refractivity contribution < 1.29 is 13.2 Å². The molecule has 0 amide bonds. The van der Waals surface area contributed by atoms with Crippen molar-refractivity contribution in [3.63, 3.8) is 0 Å². The summed E-state index contributed by atoms with van der Waals surface area (Å²) in [5, 5.41) is 9.02. The van der Waals surface area contributed by atoms with Crippen LogP contribution < -0.4 is 9.46 Å². The second-order valence-corrected chi connectivity index (χ2v) is 6.98. The summed E-state index contributed by atoms with van der Waals surface area (Å²) in [6, 6.07) is 15.7. The second-order valence-electron chi connectivity index (χ2n) is 5.25. The molecular weight excluding hydrogens is 324 g/mol. The topological polar surface area (TPSA) is 79.2 Å². The van der Waals surface area contributed by atoms with Crippen LogP contribution in [0.4, 0.5) is 0 Å². The molecule has 0 spiro atoms. The fourth-order valence-electron chi connectivity index (χ4n) is 2.17. The first-order valence-electron chi connectivity index (χ1n) is 7.77. The van der Waals surface area contributed by atoms with Gasteiger partial charge in [-0.2, -0.15) is 5.26 Å². The van der Waals surface area contributed by atoms with Crippen LogP contribution >= 0.6 is 0 Å². The van der Waals surface area contributed by atoms with E-state index in [2.05, 4.69) is 4.72 Å². The number of nitrogens with zero attached hydrogens (tertiary/aromatic N) is 1. The van der Waals surface area contributed by atoms with Crippen LogP contribution in [0.2, 0.25) is 0 Å². The van der Waals surface area contributed by atoms with Crippen LogP contribution in [-0.2, 0) is 16.4 Å². The maximum absolute atomic E-state index is 12.3. The summed E-state index contributed by atoms with van der Waals surface area (Å²) in [6.07, 6.45) is 1.51. The Morgan fingerprint density at radius 2 is 1.83 bits per heavy atom. The number of sulfonamides is 1. The average Bonchev–Trinajstić information content (AvgIpc) is 2.61. The van der Waals surface area contributed by atoms with Gasteiger partial charge in [-0.15, -0.1) is 0 Å². The van der Waals surface area contributed by atoms with Gasteiger partial charge in [-0.1, -0.05) is 31.2 Å². The van der Waals surface area contributed by atoms with Gasteiger partial charge in [-0.25, -0.2) is 13.1 Å². The molecule has 6 heteroatoms. The molecule has 2 aromatic rings. The maximum atomic E-state index is 12.3. The Bertz CT molecular complexity index is 809. The van der Waals surface area contributed by atoms with Crippen molar-refractivity contribution in [2.75, 3.05) is 13.2 Å². The number of nitriles is 1. The molecule has 0 atom stereocenters. The van der Waals surface area contributed by atoms with E-state index in [1.165, 1.54) is 12.1 Å². The van der Waals surface area contributed by atoms with E-state index in [0.717, 1.165) is 17.7 Å². The van der Waals surface area contributed by atoms with Gasteiger partial charge in [0.25, 0.3) is 0 Å². The van der Waals surface area contributed by atoms with Gasteiger partial charge in [0, 0.05) is 6.54 Å². The van der Waals surface area contributed by atoms with E-state index in [9.17, 15) is 8.42 Å². The Labute approximate surface area is 142 Å². The lowest BCUT2D eigenvalue weighted by Gasteiger charge is -2.09. The summed E-state index contributed by atoms with van der Waals surface area (Å²) >= 11 is 0. The quantitative estimate of drug-likeness (QED) is 0.798. The van der Waals surface area contributed by atoms with E-state index in [1.807, 2.05) is 37.3 Å². The van der Waals surface area contributed by atoms with E-state index in [0.29, 0.717) is 13.0 Å². The standard InChI is InChI=1S/C18H20N2O3S/c1-2-13-23-17-9-7-15(8-10-17)11-12-20-24(21,22)18-6-4-3-5-16(18)14-19/h3-10,20H,2,11-13H2,1H3. The minimum absolute atomic E-state index is 0.0100. The Kier molecular flexibility index (Phi) is 6.36. The summed E-state index contributed by atoms with van der Waals surface area (Å²) in [6.45, 7) is 2.99. The SMILES string of the molecule is CCCOc1ccc(CCNS(=O)(=O)c2ccccc2C#N)cc1. The van der Waals surface area contributed by atoms with E-state index >= 15 is 0 Å². The molecule has 0 aliphatic rings. The van der Waals surface area contributed by atoms with Gasteiger partial charge in [-0.3, -0.25) is 0 Å². The van der Waals surface area contributed by atoms with Gasteiger partial charge in [0.1, 0.15) is 11.8 Å². The molecule has 5 nitrogen and oxygen atoms in total. The zero-order chi connectivity index (χ0) is 17.4. The van der Waals surface area contributed by atoms with Crippen LogP contribution in [0.1, 0.15) is 24.5 Å². The van der Waals surface area contributed by atoms with Crippen LogP contribution in [0.15, 0.2) is 53.4 Å². The van der Waals surface area contributed by atoms with Crippen molar-refractivity contribution in [1.82, 2.24) is 4.72 Å². The Morgan fingerprint density at radius 3 is 2.50 bits per heavy atom. The first-order chi connectivity index (χ1) is 11.6. The molecule has 0 bridgehead atoms. The first-order valence-corrected chi connectivity index (χ1v) is 9.25. The van der Waals surface area contributed by atoms with Crippen molar-refractivity contribution in [3.8, 4) is 11.8 Å². The molecule has 0 fully saturated rings. The van der Waals surface area contributed by atoms with Gasteiger partial charge >= 0.3 is 0 Å². The molecule has 126 valence electrons. The highest BCUT2D eigenvalue weighted by Crippen LogP contribution is 2.15. The van der Waals surface area contributed by atoms with Crippen molar-refractivity contribution >= 4 is 10.0 Å². The Balaban J connectivity index is 1.95. The van der Waals surface area contributed by atoms with Gasteiger partial charge in [0.15, 0.2) is 0 Å². The number of nitrogens with one attached hydrogen (secondary N) is 1. The van der Waals surface area contributed by atoms with Gasteiger partial charge in [-0.05, 0) is 42.7 Å². The minimum Gasteiger partial charge on any atom is -0.494 e. The van der Waals surface area contributed by atoms with Crippen LogP contribution in [-0.4, -0.2) is 21.6 Å². The largest absolute Gasteiger partial charge is 0.494 e. The molecule has 1 N–H and O–H groups in total. The van der Waals surface area contributed by atoms with E-state index in [4.69, 9.17) is 10.00 Å². The molecule has 0 radical (unpaired) electrons. The monoisotopic (exact) mass is 344 g/mol.